The Hall–Kier alpha value is -1.65. The molecule has 14 heavy (non-hydrogen) atoms. The minimum Gasteiger partial charge on any atom is -0.469 e. The lowest BCUT2D eigenvalue weighted by molar-refractivity contribution is -0.140. The van der Waals surface area contributed by atoms with Crippen molar-refractivity contribution >= 4 is 12.3 Å². The summed E-state index contributed by atoms with van der Waals surface area (Å²) in [6.07, 6.45) is 2.62. The fourth-order valence-electron chi connectivity index (χ4n) is 1.07. The van der Waals surface area contributed by atoms with E-state index in [0.29, 0.717) is 17.8 Å². The molecule has 0 amide bonds. The first-order valence-electron chi connectivity index (χ1n) is 4.23. The molecule has 0 aromatic carbocycles. The van der Waals surface area contributed by atoms with Crippen LogP contribution in [0.2, 0.25) is 0 Å². The first-order chi connectivity index (χ1) is 6.67. The van der Waals surface area contributed by atoms with Crippen LogP contribution in [0.1, 0.15) is 22.5 Å². The van der Waals surface area contributed by atoms with E-state index in [4.69, 9.17) is 0 Å². The lowest BCUT2D eigenvalue weighted by Gasteiger charge is -1.99. The van der Waals surface area contributed by atoms with Crippen molar-refractivity contribution in [3.05, 3.63) is 17.5 Å². The fraction of sp³-hybridized carbons (Fsp3) is 0.444. The molecule has 0 atom stereocenters. The smallest absolute Gasteiger partial charge is 0.307 e. The molecule has 0 aliphatic carbocycles. The predicted molar refractivity (Wildman–Crippen MR) is 49.0 cm³/mol. The van der Waals surface area contributed by atoms with E-state index in [9.17, 15) is 9.59 Å². The topological polar surface area (TPSA) is 61.2 Å². The number of methoxy groups -OCH3 is 1. The average molecular weight is 196 g/mol. The molecule has 0 bridgehead atoms. The molecule has 0 N–H and O–H groups in total. The van der Waals surface area contributed by atoms with Crippen molar-refractivity contribution in [2.75, 3.05) is 7.11 Å². The van der Waals surface area contributed by atoms with E-state index in [1.54, 1.807) is 17.8 Å². The Bertz CT molecular complexity index is 344. The zero-order valence-corrected chi connectivity index (χ0v) is 8.19. The Morgan fingerprint density at radius 2 is 2.43 bits per heavy atom. The maximum absolute atomic E-state index is 10.8. The maximum atomic E-state index is 10.8. The minimum absolute atomic E-state index is 0.260. The van der Waals surface area contributed by atoms with Crippen molar-refractivity contribution in [2.45, 2.75) is 19.9 Å². The van der Waals surface area contributed by atoms with E-state index in [1.165, 1.54) is 7.11 Å². The number of esters is 1. The summed E-state index contributed by atoms with van der Waals surface area (Å²) >= 11 is 0. The quantitative estimate of drug-likeness (QED) is 0.521. The van der Waals surface area contributed by atoms with Gasteiger partial charge in [0.25, 0.3) is 0 Å². The van der Waals surface area contributed by atoms with Crippen LogP contribution in [0.5, 0.6) is 0 Å². The van der Waals surface area contributed by atoms with Crippen LogP contribution in [0.3, 0.4) is 0 Å². The average Bonchev–Trinajstić information content (AvgIpc) is 2.55. The van der Waals surface area contributed by atoms with Crippen LogP contribution in [0.4, 0.5) is 0 Å². The van der Waals surface area contributed by atoms with Gasteiger partial charge >= 0.3 is 5.97 Å². The first kappa shape index (κ1) is 10.4. The number of aromatic nitrogens is 2. The van der Waals surface area contributed by atoms with Crippen molar-refractivity contribution in [2.24, 2.45) is 0 Å². The van der Waals surface area contributed by atoms with Crippen molar-refractivity contribution < 1.29 is 14.3 Å². The molecule has 0 unspecified atom stereocenters. The van der Waals surface area contributed by atoms with Gasteiger partial charge < -0.3 is 4.74 Å². The van der Waals surface area contributed by atoms with Crippen molar-refractivity contribution in [1.82, 2.24) is 9.78 Å². The van der Waals surface area contributed by atoms with Crippen LogP contribution in [0, 0.1) is 6.92 Å². The largest absolute Gasteiger partial charge is 0.469 e. The zero-order valence-electron chi connectivity index (χ0n) is 8.19. The highest BCUT2D eigenvalue weighted by atomic mass is 16.5. The second kappa shape index (κ2) is 4.55. The molecule has 1 rings (SSSR count). The van der Waals surface area contributed by atoms with Gasteiger partial charge in [-0.1, -0.05) is 0 Å². The van der Waals surface area contributed by atoms with E-state index in [0.717, 1.165) is 6.29 Å². The van der Waals surface area contributed by atoms with Gasteiger partial charge in [-0.25, -0.2) is 0 Å². The summed E-state index contributed by atoms with van der Waals surface area (Å²) in [6.45, 7) is 2.18. The molecular formula is C9H12N2O3. The molecule has 5 heteroatoms. The number of carbonyl (C=O) groups is 2. The molecule has 5 nitrogen and oxygen atoms in total. The van der Waals surface area contributed by atoms with E-state index in [-0.39, 0.29) is 12.4 Å². The number of aldehydes is 1. The van der Waals surface area contributed by atoms with Crippen molar-refractivity contribution in [3.63, 3.8) is 0 Å². The number of hydrogen-bond donors (Lipinski definition) is 0. The molecule has 0 spiro atoms. The molecule has 1 heterocycles. The SMILES string of the molecule is COC(=O)CCn1cc(C=O)c(C)n1. The minimum atomic E-state index is -0.286. The third kappa shape index (κ3) is 2.42. The van der Waals surface area contributed by atoms with Gasteiger partial charge in [-0.2, -0.15) is 5.10 Å². The molecule has 0 radical (unpaired) electrons. The number of ether oxygens (including phenoxy) is 1. The molecule has 0 aliphatic heterocycles. The molecular weight excluding hydrogens is 184 g/mol. The molecule has 0 saturated heterocycles. The predicted octanol–water partition coefficient (Wildman–Crippen LogP) is 0.567. The third-order valence-electron chi connectivity index (χ3n) is 1.88. The first-order valence-corrected chi connectivity index (χ1v) is 4.23. The van der Waals surface area contributed by atoms with Gasteiger partial charge in [0, 0.05) is 6.20 Å². The van der Waals surface area contributed by atoms with Gasteiger partial charge in [0.1, 0.15) is 0 Å². The van der Waals surface area contributed by atoms with Gasteiger partial charge in [-0.05, 0) is 6.92 Å². The lowest BCUT2D eigenvalue weighted by Crippen LogP contribution is -2.07. The number of hydrogen-bond acceptors (Lipinski definition) is 4. The Labute approximate surface area is 81.7 Å². The molecule has 0 saturated carbocycles. The Morgan fingerprint density at radius 3 is 2.93 bits per heavy atom. The van der Waals surface area contributed by atoms with Crippen LogP contribution in [0.15, 0.2) is 6.20 Å². The second-order valence-electron chi connectivity index (χ2n) is 2.88. The van der Waals surface area contributed by atoms with Gasteiger partial charge in [0.15, 0.2) is 6.29 Å². The highest BCUT2D eigenvalue weighted by Crippen LogP contribution is 2.02. The van der Waals surface area contributed by atoms with Gasteiger partial charge in [-0.3, -0.25) is 14.3 Å². The highest BCUT2D eigenvalue weighted by molar-refractivity contribution is 5.75. The number of carbonyl (C=O) groups excluding carboxylic acids is 2. The van der Waals surface area contributed by atoms with Crippen LogP contribution < -0.4 is 0 Å². The number of aryl methyl sites for hydroxylation is 2. The van der Waals surface area contributed by atoms with E-state index in [1.807, 2.05) is 0 Å². The summed E-state index contributed by atoms with van der Waals surface area (Å²) in [5.41, 5.74) is 1.22. The fourth-order valence-corrected chi connectivity index (χ4v) is 1.07. The normalized spacial score (nSPS) is 9.86. The van der Waals surface area contributed by atoms with E-state index < -0.39 is 0 Å². The summed E-state index contributed by atoms with van der Waals surface area (Å²) in [6, 6.07) is 0. The Kier molecular flexibility index (Phi) is 3.39. The van der Waals surface area contributed by atoms with Crippen molar-refractivity contribution in [3.8, 4) is 0 Å². The number of nitrogens with zero attached hydrogens (tertiary/aromatic N) is 2. The summed E-state index contributed by atoms with van der Waals surface area (Å²) < 4.78 is 6.05. The zero-order chi connectivity index (χ0) is 10.6. The van der Waals surface area contributed by atoms with Crippen LogP contribution in [-0.2, 0) is 16.1 Å². The Morgan fingerprint density at radius 1 is 1.71 bits per heavy atom. The second-order valence-corrected chi connectivity index (χ2v) is 2.88. The van der Waals surface area contributed by atoms with Gasteiger partial charge in [-0.15, -0.1) is 0 Å². The van der Waals surface area contributed by atoms with Crippen molar-refractivity contribution in [1.29, 1.82) is 0 Å². The van der Waals surface area contributed by atoms with Crippen LogP contribution in [-0.4, -0.2) is 29.1 Å². The summed E-state index contributed by atoms with van der Waals surface area (Å²) in [4.78, 5) is 21.3. The standard InChI is InChI=1S/C9H12N2O3/c1-7-8(6-12)5-11(10-7)4-3-9(13)14-2/h5-6H,3-4H2,1-2H3. The molecule has 76 valence electrons. The molecule has 1 aromatic heterocycles. The van der Waals surface area contributed by atoms with Crippen LogP contribution in [0.25, 0.3) is 0 Å². The molecule has 0 aliphatic rings. The highest BCUT2D eigenvalue weighted by Gasteiger charge is 2.05. The third-order valence-corrected chi connectivity index (χ3v) is 1.88. The monoisotopic (exact) mass is 196 g/mol. The number of rotatable bonds is 4. The van der Waals surface area contributed by atoms with Crippen LogP contribution >= 0.6 is 0 Å². The Balaban J connectivity index is 2.59. The molecule has 0 fully saturated rings. The van der Waals surface area contributed by atoms with E-state index in [2.05, 4.69) is 9.84 Å². The van der Waals surface area contributed by atoms with Gasteiger partial charge in [0.05, 0.1) is 31.3 Å². The maximum Gasteiger partial charge on any atom is 0.307 e. The summed E-state index contributed by atoms with van der Waals surface area (Å²) in [7, 11) is 1.34. The lowest BCUT2D eigenvalue weighted by atomic mass is 10.3. The molecule has 1 aromatic rings. The van der Waals surface area contributed by atoms with E-state index >= 15 is 0 Å². The summed E-state index contributed by atoms with van der Waals surface area (Å²) in [5, 5.41) is 4.07. The van der Waals surface area contributed by atoms with Gasteiger partial charge in [0.2, 0.25) is 0 Å². The summed E-state index contributed by atoms with van der Waals surface area (Å²) in [5.74, 6) is -0.286.